The normalized spacial score (nSPS) is 18.0. The maximum absolute atomic E-state index is 11.7. The van der Waals surface area contributed by atoms with Gasteiger partial charge in [-0.1, -0.05) is 33.1 Å². The van der Waals surface area contributed by atoms with Crippen LogP contribution >= 0.6 is 0 Å². The molecular weight excluding hydrogens is 334 g/mol. The average molecular weight is 365 g/mol. The minimum Gasteiger partial charge on any atom is -0.480 e. The number of hydrogen-bond acceptors (Lipinski definition) is 4. The van der Waals surface area contributed by atoms with Crippen molar-refractivity contribution >= 4 is 11.9 Å². The van der Waals surface area contributed by atoms with Crippen molar-refractivity contribution in [3.8, 4) is 0 Å². The largest absolute Gasteiger partial charge is 0.480 e. The first kappa shape index (κ1) is 20.4. The van der Waals surface area contributed by atoms with Crippen LogP contribution < -0.4 is 5.32 Å². The molecule has 26 heavy (non-hydrogen) atoms. The summed E-state index contributed by atoms with van der Waals surface area (Å²) in [5.41, 5.74) is 0.837. The molecule has 1 aliphatic carbocycles. The number of carboxylic acids is 2. The molecule has 7 nitrogen and oxygen atoms in total. The summed E-state index contributed by atoms with van der Waals surface area (Å²) in [6.07, 6.45) is 10.3. The van der Waals surface area contributed by atoms with Gasteiger partial charge in [-0.15, -0.1) is 0 Å². The van der Waals surface area contributed by atoms with E-state index in [4.69, 9.17) is 0 Å². The van der Waals surface area contributed by atoms with E-state index in [1.54, 1.807) is 12.5 Å². The number of aromatic nitrogens is 2. The first-order valence-corrected chi connectivity index (χ1v) is 9.57. The second-order valence-electron chi connectivity index (χ2n) is 7.82. The summed E-state index contributed by atoms with van der Waals surface area (Å²) in [4.78, 5) is 27.3. The first-order chi connectivity index (χ1) is 12.4. The molecule has 1 aromatic heterocycles. The molecule has 0 aromatic carbocycles. The molecule has 7 heteroatoms. The van der Waals surface area contributed by atoms with Gasteiger partial charge in [0.05, 0.1) is 6.33 Å². The van der Waals surface area contributed by atoms with Gasteiger partial charge in [-0.25, -0.2) is 4.98 Å². The zero-order valence-electron chi connectivity index (χ0n) is 15.7. The Labute approximate surface area is 154 Å². The quantitative estimate of drug-likeness (QED) is 0.589. The highest BCUT2D eigenvalue weighted by molar-refractivity contribution is 5.77. The summed E-state index contributed by atoms with van der Waals surface area (Å²) >= 11 is 0. The third-order valence-corrected chi connectivity index (χ3v) is 5.10. The molecule has 3 N–H and O–H groups in total. The van der Waals surface area contributed by atoms with Gasteiger partial charge in [-0.2, -0.15) is 0 Å². The van der Waals surface area contributed by atoms with E-state index in [1.807, 2.05) is 18.4 Å². The van der Waals surface area contributed by atoms with E-state index >= 15 is 0 Å². The summed E-state index contributed by atoms with van der Waals surface area (Å²) in [6, 6.07) is -1.82. The Kier molecular flexibility index (Phi) is 7.63. The van der Waals surface area contributed by atoms with Crippen LogP contribution in [0.15, 0.2) is 12.5 Å². The number of nitrogens with one attached hydrogen (secondary N) is 1. The molecule has 1 aliphatic rings. The van der Waals surface area contributed by atoms with E-state index in [1.165, 1.54) is 32.1 Å². The maximum atomic E-state index is 11.7. The summed E-state index contributed by atoms with van der Waals surface area (Å²) < 4.78 is 2.03. The highest BCUT2D eigenvalue weighted by Crippen LogP contribution is 2.25. The van der Waals surface area contributed by atoms with E-state index < -0.39 is 24.0 Å². The van der Waals surface area contributed by atoms with Crippen LogP contribution in [0, 0.1) is 11.8 Å². The Morgan fingerprint density at radius 3 is 2.42 bits per heavy atom. The second kappa shape index (κ2) is 9.71. The number of nitrogens with zero attached hydrogens (tertiary/aromatic N) is 2. The summed E-state index contributed by atoms with van der Waals surface area (Å²) in [7, 11) is 0. The Balaban J connectivity index is 2.04. The average Bonchev–Trinajstić information content (AvgIpc) is 3.00. The standard InChI is InChI=1S/C19H31N3O4/c1-13(2)8-16(18(23)24)21-17(19(25)26)9-15-10-20-12-22(15)11-14-6-4-3-5-7-14/h10,12-14,16-17,21H,3-9,11H2,1-2H3,(H,23,24)(H,25,26). The van der Waals surface area contributed by atoms with Crippen LogP contribution in [-0.2, 0) is 22.6 Å². The van der Waals surface area contributed by atoms with Crippen molar-refractivity contribution in [1.82, 2.24) is 14.9 Å². The molecule has 0 aliphatic heterocycles. The molecule has 1 saturated carbocycles. The Hall–Kier alpha value is -1.89. The summed E-state index contributed by atoms with van der Waals surface area (Å²) in [5, 5.41) is 21.8. The maximum Gasteiger partial charge on any atom is 0.321 e. The van der Waals surface area contributed by atoms with Crippen LogP contribution in [-0.4, -0.2) is 43.8 Å². The van der Waals surface area contributed by atoms with Crippen LogP contribution in [0.2, 0.25) is 0 Å². The van der Waals surface area contributed by atoms with Crippen molar-refractivity contribution in [1.29, 1.82) is 0 Å². The molecule has 0 saturated heterocycles. The van der Waals surface area contributed by atoms with E-state index in [2.05, 4.69) is 10.3 Å². The summed E-state index contributed by atoms with van der Waals surface area (Å²) in [6.45, 7) is 4.70. The van der Waals surface area contributed by atoms with Crippen molar-refractivity contribution in [3.63, 3.8) is 0 Å². The van der Waals surface area contributed by atoms with E-state index in [0.29, 0.717) is 12.3 Å². The fourth-order valence-electron chi connectivity index (χ4n) is 3.71. The van der Waals surface area contributed by atoms with E-state index in [9.17, 15) is 19.8 Å². The van der Waals surface area contributed by atoms with Crippen LogP contribution in [0.5, 0.6) is 0 Å². The fourth-order valence-corrected chi connectivity index (χ4v) is 3.71. The van der Waals surface area contributed by atoms with Crippen molar-refractivity contribution in [2.75, 3.05) is 0 Å². The minimum absolute atomic E-state index is 0.162. The molecule has 146 valence electrons. The molecule has 0 radical (unpaired) electrons. The van der Waals surface area contributed by atoms with Crippen molar-refractivity contribution in [3.05, 3.63) is 18.2 Å². The molecule has 2 rings (SSSR count). The fraction of sp³-hybridized carbons (Fsp3) is 0.737. The van der Waals surface area contributed by atoms with Gasteiger partial charge in [-0.3, -0.25) is 14.9 Å². The first-order valence-electron chi connectivity index (χ1n) is 9.57. The predicted molar refractivity (Wildman–Crippen MR) is 97.9 cm³/mol. The lowest BCUT2D eigenvalue weighted by atomic mass is 9.89. The van der Waals surface area contributed by atoms with Gasteiger partial charge in [0.15, 0.2) is 0 Å². The number of hydrogen-bond donors (Lipinski definition) is 3. The highest BCUT2D eigenvalue weighted by atomic mass is 16.4. The minimum atomic E-state index is -1.04. The number of rotatable bonds is 10. The zero-order valence-corrected chi connectivity index (χ0v) is 15.7. The molecule has 0 spiro atoms. The van der Waals surface area contributed by atoms with Crippen molar-refractivity contribution in [2.24, 2.45) is 11.8 Å². The van der Waals surface area contributed by atoms with Crippen LogP contribution in [0.3, 0.4) is 0 Å². The molecule has 0 bridgehead atoms. The lowest BCUT2D eigenvalue weighted by molar-refractivity contribution is -0.142. The molecule has 0 amide bonds. The van der Waals surface area contributed by atoms with E-state index in [0.717, 1.165) is 12.2 Å². The van der Waals surface area contributed by atoms with Gasteiger partial charge < -0.3 is 14.8 Å². The number of aliphatic carboxylic acids is 2. The van der Waals surface area contributed by atoms with Crippen molar-refractivity contribution < 1.29 is 19.8 Å². The monoisotopic (exact) mass is 365 g/mol. The number of imidazole rings is 1. The van der Waals surface area contributed by atoms with Gasteiger partial charge in [0, 0.05) is 24.9 Å². The Bertz CT molecular complexity index is 593. The molecule has 1 heterocycles. The lowest BCUT2D eigenvalue weighted by Crippen LogP contribution is -2.49. The van der Waals surface area contributed by atoms with Crippen molar-refractivity contribution in [2.45, 2.75) is 77.4 Å². The Morgan fingerprint density at radius 2 is 1.85 bits per heavy atom. The van der Waals surface area contributed by atoms with Crippen LogP contribution in [0.1, 0.15) is 58.1 Å². The second-order valence-corrected chi connectivity index (χ2v) is 7.82. The molecule has 2 unspecified atom stereocenters. The third kappa shape index (κ3) is 6.12. The number of carbonyl (C=O) groups is 2. The zero-order chi connectivity index (χ0) is 19.1. The van der Waals surface area contributed by atoms with Gasteiger partial charge in [0.25, 0.3) is 0 Å². The lowest BCUT2D eigenvalue weighted by Gasteiger charge is -2.24. The molecule has 1 aromatic rings. The van der Waals surface area contributed by atoms with Gasteiger partial charge in [0.1, 0.15) is 12.1 Å². The van der Waals surface area contributed by atoms with Gasteiger partial charge in [-0.05, 0) is 31.1 Å². The van der Waals surface area contributed by atoms with Gasteiger partial charge >= 0.3 is 11.9 Å². The van der Waals surface area contributed by atoms with Crippen LogP contribution in [0.25, 0.3) is 0 Å². The summed E-state index contributed by atoms with van der Waals surface area (Å²) in [5.74, 6) is -1.28. The highest BCUT2D eigenvalue weighted by Gasteiger charge is 2.28. The van der Waals surface area contributed by atoms with E-state index in [-0.39, 0.29) is 12.3 Å². The van der Waals surface area contributed by atoms with Gasteiger partial charge in [0.2, 0.25) is 0 Å². The third-order valence-electron chi connectivity index (χ3n) is 5.10. The smallest absolute Gasteiger partial charge is 0.321 e. The number of carboxylic acid groups (broad SMARTS) is 2. The molecular formula is C19H31N3O4. The Morgan fingerprint density at radius 1 is 1.19 bits per heavy atom. The molecule has 2 atom stereocenters. The molecule has 1 fully saturated rings. The topological polar surface area (TPSA) is 104 Å². The predicted octanol–water partition coefficient (Wildman–Crippen LogP) is 2.55. The SMILES string of the molecule is CC(C)CC(NC(Cc1cncn1CC1CCCCC1)C(=O)O)C(=O)O. The van der Waals surface area contributed by atoms with Crippen LogP contribution in [0.4, 0.5) is 0 Å².